The molecule has 0 spiro atoms. The Hall–Kier alpha value is -2.63. The van der Waals surface area contributed by atoms with Crippen molar-refractivity contribution in [1.29, 1.82) is 0 Å². The SMILES string of the molecule is C[C@H](Oc1ccc([N+](=O)[O-])c2ccccc12)C(=O)O. The topological polar surface area (TPSA) is 89.7 Å². The number of nitro benzene ring substituents is 1. The van der Waals surface area contributed by atoms with Crippen LogP contribution >= 0.6 is 0 Å². The summed E-state index contributed by atoms with van der Waals surface area (Å²) >= 11 is 0. The van der Waals surface area contributed by atoms with Crippen LogP contribution in [0.4, 0.5) is 5.69 Å². The first-order valence-corrected chi connectivity index (χ1v) is 5.56. The van der Waals surface area contributed by atoms with Gasteiger partial charge >= 0.3 is 5.97 Å². The van der Waals surface area contributed by atoms with Crippen LogP contribution in [0.1, 0.15) is 6.92 Å². The Morgan fingerprint density at radius 1 is 1.26 bits per heavy atom. The number of nitrogens with zero attached hydrogens (tertiary/aromatic N) is 1. The minimum atomic E-state index is -1.09. The van der Waals surface area contributed by atoms with Crippen LogP contribution < -0.4 is 4.74 Å². The van der Waals surface area contributed by atoms with E-state index in [4.69, 9.17) is 9.84 Å². The van der Waals surface area contributed by atoms with E-state index in [2.05, 4.69) is 0 Å². The van der Waals surface area contributed by atoms with Crippen molar-refractivity contribution in [3.05, 3.63) is 46.5 Å². The zero-order chi connectivity index (χ0) is 14.0. The number of nitro groups is 1. The first-order valence-electron chi connectivity index (χ1n) is 5.56. The standard InChI is InChI=1S/C13H11NO5/c1-8(13(15)16)19-12-7-6-11(14(17)18)9-4-2-3-5-10(9)12/h2-8H,1H3,(H,15,16)/t8-/m0/s1. The molecule has 0 aliphatic heterocycles. The molecule has 0 amide bonds. The van der Waals surface area contributed by atoms with Crippen molar-refractivity contribution < 1.29 is 19.6 Å². The van der Waals surface area contributed by atoms with Crippen molar-refractivity contribution in [3.8, 4) is 5.75 Å². The highest BCUT2D eigenvalue weighted by Crippen LogP contribution is 2.33. The average Bonchev–Trinajstić information content (AvgIpc) is 2.38. The van der Waals surface area contributed by atoms with E-state index in [1.165, 1.54) is 19.1 Å². The summed E-state index contributed by atoms with van der Waals surface area (Å²) in [5.74, 6) is -0.779. The lowest BCUT2D eigenvalue weighted by atomic mass is 10.1. The van der Waals surface area contributed by atoms with Gasteiger partial charge in [0.15, 0.2) is 6.10 Å². The van der Waals surface area contributed by atoms with E-state index in [1.807, 2.05) is 0 Å². The number of ether oxygens (including phenoxy) is 1. The smallest absolute Gasteiger partial charge is 0.344 e. The number of benzene rings is 2. The Morgan fingerprint density at radius 3 is 2.47 bits per heavy atom. The van der Waals surface area contributed by atoms with Gasteiger partial charge in [-0.3, -0.25) is 10.1 Å². The third-order valence-corrected chi connectivity index (χ3v) is 2.71. The van der Waals surface area contributed by atoms with Gasteiger partial charge < -0.3 is 9.84 Å². The summed E-state index contributed by atoms with van der Waals surface area (Å²) in [6.45, 7) is 1.40. The van der Waals surface area contributed by atoms with Gasteiger partial charge in [0.1, 0.15) is 5.75 Å². The highest BCUT2D eigenvalue weighted by Gasteiger charge is 2.18. The van der Waals surface area contributed by atoms with Gasteiger partial charge in [-0.15, -0.1) is 0 Å². The van der Waals surface area contributed by atoms with Gasteiger partial charge in [0.25, 0.3) is 5.69 Å². The number of carboxylic acids is 1. The van der Waals surface area contributed by atoms with Gasteiger partial charge in [-0.05, 0) is 19.1 Å². The number of carboxylic acid groups (broad SMARTS) is 1. The molecule has 2 aromatic rings. The van der Waals surface area contributed by atoms with Gasteiger partial charge in [0, 0.05) is 11.5 Å². The maximum Gasteiger partial charge on any atom is 0.344 e. The third kappa shape index (κ3) is 2.47. The zero-order valence-electron chi connectivity index (χ0n) is 10.1. The second-order valence-electron chi connectivity index (χ2n) is 3.98. The van der Waals surface area contributed by atoms with Crippen LogP contribution in [0.15, 0.2) is 36.4 Å². The summed E-state index contributed by atoms with van der Waals surface area (Å²) in [4.78, 5) is 21.2. The minimum absolute atomic E-state index is 0.0362. The highest BCUT2D eigenvalue weighted by molar-refractivity contribution is 5.95. The molecular formula is C13H11NO5. The maximum atomic E-state index is 10.9. The molecule has 0 aliphatic rings. The molecule has 0 unspecified atom stereocenters. The van der Waals surface area contributed by atoms with Gasteiger partial charge in [-0.2, -0.15) is 0 Å². The van der Waals surface area contributed by atoms with E-state index < -0.39 is 17.0 Å². The van der Waals surface area contributed by atoms with Crippen molar-refractivity contribution in [2.75, 3.05) is 0 Å². The number of carbonyl (C=O) groups is 1. The van der Waals surface area contributed by atoms with Crippen molar-refractivity contribution in [2.45, 2.75) is 13.0 Å². The molecule has 0 aliphatic carbocycles. The van der Waals surface area contributed by atoms with Crippen LogP contribution in [0.25, 0.3) is 10.8 Å². The second kappa shape index (κ2) is 4.93. The Labute approximate surface area is 108 Å². The fourth-order valence-corrected chi connectivity index (χ4v) is 1.76. The Morgan fingerprint density at radius 2 is 1.89 bits per heavy atom. The number of hydrogen-bond acceptors (Lipinski definition) is 4. The van der Waals surface area contributed by atoms with E-state index in [0.29, 0.717) is 16.5 Å². The van der Waals surface area contributed by atoms with E-state index in [0.717, 1.165) is 0 Å². The quantitative estimate of drug-likeness (QED) is 0.674. The highest BCUT2D eigenvalue weighted by atomic mass is 16.6. The number of rotatable bonds is 4. The summed E-state index contributed by atoms with van der Waals surface area (Å²) in [6, 6.07) is 9.38. The molecular weight excluding hydrogens is 250 g/mol. The van der Waals surface area contributed by atoms with Crippen molar-refractivity contribution in [3.63, 3.8) is 0 Å². The van der Waals surface area contributed by atoms with Crippen LogP contribution in [0, 0.1) is 10.1 Å². The molecule has 2 rings (SSSR count). The van der Waals surface area contributed by atoms with Gasteiger partial charge in [0.2, 0.25) is 0 Å². The van der Waals surface area contributed by atoms with Gasteiger partial charge in [0.05, 0.1) is 10.3 Å². The number of fused-ring (bicyclic) bond motifs is 1. The number of aliphatic carboxylic acids is 1. The summed E-state index contributed by atoms with van der Waals surface area (Å²) in [7, 11) is 0. The summed E-state index contributed by atoms with van der Waals surface area (Å²) in [5, 5.41) is 20.7. The van der Waals surface area contributed by atoms with Crippen LogP contribution in [0.3, 0.4) is 0 Å². The van der Waals surface area contributed by atoms with E-state index in [1.54, 1.807) is 24.3 Å². The second-order valence-corrected chi connectivity index (χ2v) is 3.98. The first-order chi connectivity index (χ1) is 9.00. The Bertz CT molecular complexity index is 653. The van der Waals surface area contributed by atoms with Crippen molar-refractivity contribution >= 4 is 22.4 Å². The van der Waals surface area contributed by atoms with E-state index >= 15 is 0 Å². The molecule has 2 aromatic carbocycles. The molecule has 0 heterocycles. The molecule has 98 valence electrons. The van der Waals surface area contributed by atoms with E-state index in [9.17, 15) is 14.9 Å². The molecule has 6 nitrogen and oxygen atoms in total. The lowest BCUT2D eigenvalue weighted by molar-refractivity contribution is -0.383. The molecule has 0 saturated carbocycles. The summed E-state index contributed by atoms with van der Waals surface area (Å²) < 4.78 is 5.30. The van der Waals surface area contributed by atoms with Crippen LogP contribution in [-0.4, -0.2) is 22.1 Å². The van der Waals surface area contributed by atoms with Crippen molar-refractivity contribution in [2.24, 2.45) is 0 Å². The first kappa shape index (κ1) is 12.8. The predicted octanol–water partition coefficient (Wildman–Crippen LogP) is 2.60. The Balaban J connectivity index is 2.55. The number of non-ortho nitro benzene ring substituents is 1. The molecule has 0 saturated heterocycles. The van der Waals surface area contributed by atoms with Crippen LogP contribution in [-0.2, 0) is 4.79 Å². The van der Waals surface area contributed by atoms with Gasteiger partial charge in [-0.25, -0.2) is 4.79 Å². The Kier molecular flexibility index (Phi) is 3.33. The van der Waals surface area contributed by atoms with Crippen LogP contribution in [0.5, 0.6) is 5.75 Å². The molecule has 1 N–H and O–H groups in total. The zero-order valence-corrected chi connectivity index (χ0v) is 10.1. The molecule has 0 aromatic heterocycles. The summed E-state index contributed by atoms with van der Waals surface area (Å²) in [5.41, 5.74) is -0.0362. The van der Waals surface area contributed by atoms with Crippen LogP contribution in [0.2, 0.25) is 0 Å². The average molecular weight is 261 g/mol. The molecule has 19 heavy (non-hydrogen) atoms. The monoisotopic (exact) mass is 261 g/mol. The normalized spacial score (nSPS) is 12.1. The fraction of sp³-hybridized carbons (Fsp3) is 0.154. The molecule has 0 radical (unpaired) electrons. The molecule has 0 bridgehead atoms. The summed E-state index contributed by atoms with van der Waals surface area (Å²) in [6.07, 6.45) is -1.02. The van der Waals surface area contributed by atoms with Gasteiger partial charge in [-0.1, -0.05) is 18.2 Å². The fourth-order valence-electron chi connectivity index (χ4n) is 1.76. The minimum Gasteiger partial charge on any atom is -0.479 e. The number of hydrogen-bond donors (Lipinski definition) is 1. The van der Waals surface area contributed by atoms with Crippen molar-refractivity contribution in [1.82, 2.24) is 0 Å². The largest absolute Gasteiger partial charge is 0.479 e. The van der Waals surface area contributed by atoms with E-state index in [-0.39, 0.29) is 5.69 Å². The lowest BCUT2D eigenvalue weighted by Crippen LogP contribution is -2.22. The molecule has 6 heteroatoms. The predicted molar refractivity (Wildman–Crippen MR) is 68.3 cm³/mol. The molecule has 1 atom stereocenters. The lowest BCUT2D eigenvalue weighted by Gasteiger charge is -2.12. The maximum absolute atomic E-state index is 10.9. The third-order valence-electron chi connectivity index (χ3n) is 2.71. The molecule has 0 fully saturated rings.